The third-order valence-corrected chi connectivity index (χ3v) is 3.24. The average molecular weight is 252 g/mol. The number of rotatable bonds is 6. The van der Waals surface area contributed by atoms with E-state index in [1.165, 1.54) is 11.4 Å². The second kappa shape index (κ2) is 6.23. The molecule has 1 aromatic rings. The fourth-order valence-corrected chi connectivity index (χ4v) is 2.32. The highest BCUT2D eigenvalue weighted by molar-refractivity contribution is 5.50. The molecule has 1 heterocycles. The summed E-state index contributed by atoms with van der Waals surface area (Å²) in [5, 5.41) is 8.07. The molecule has 0 unspecified atom stereocenters. The number of aromatic nitrogens is 2. The molecule has 1 aromatic heterocycles. The first-order chi connectivity index (χ1) is 8.38. The average Bonchev–Trinajstić information content (AvgIpc) is 2.52. The molecular formula is C14H28N4. The van der Waals surface area contributed by atoms with Gasteiger partial charge in [-0.3, -0.25) is 4.68 Å². The highest BCUT2D eigenvalue weighted by Crippen LogP contribution is 2.24. The molecule has 0 saturated heterocycles. The zero-order valence-corrected chi connectivity index (χ0v) is 12.9. The molecule has 0 aliphatic carbocycles. The maximum absolute atomic E-state index is 4.58. The van der Waals surface area contributed by atoms with E-state index in [2.05, 4.69) is 56.9 Å². The van der Waals surface area contributed by atoms with Crippen LogP contribution in [0.1, 0.15) is 45.9 Å². The van der Waals surface area contributed by atoms with Gasteiger partial charge in [-0.2, -0.15) is 5.10 Å². The van der Waals surface area contributed by atoms with E-state index < -0.39 is 0 Å². The lowest BCUT2D eigenvalue weighted by Gasteiger charge is -2.28. The van der Waals surface area contributed by atoms with Crippen molar-refractivity contribution < 1.29 is 0 Å². The van der Waals surface area contributed by atoms with Crippen LogP contribution in [0.4, 0.5) is 5.82 Å². The first kappa shape index (κ1) is 15.0. The van der Waals surface area contributed by atoms with Gasteiger partial charge in [-0.15, -0.1) is 0 Å². The summed E-state index contributed by atoms with van der Waals surface area (Å²) in [6.07, 6.45) is 0. The highest BCUT2D eigenvalue weighted by atomic mass is 15.4. The molecule has 18 heavy (non-hydrogen) atoms. The van der Waals surface area contributed by atoms with E-state index in [0.717, 1.165) is 18.8 Å². The molecule has 0 aliphatic heterocycles. The summed E-state index contributed by atoms with van der Waals surface area (Å²) in [5.41, 5.74) is 2.45. The van der Waals surface area contributed by atoms with Gasteiger partial charge in [0.15, 0.2) is 0 Å². The third-order valence-electron chi connectivity index (χ3n) is 3.24. The van der Waals surface area contributed by atoms with Crippen LogP contribution in [0.3, 0.4) is 0 Å². The van der Waals surface area contributed by atoms with E-state index in [9.17, 15) is 0 Å². The quantitative estimate of drug-likeness (QED) is 0.844. The molecule has 0 bridgehead atoms. The topological polar surface area (TPSA) is 33.1 Å². The van der Waals surface area contributed by atoms with Gasteiger partial charge in [-0.05, 0) is 27.7 Å². The molecule has 0 radical (unpaired) electrons. The van der Waals surface area contributed by atoms with Crippen LogP contribution in [-0.2, 0) is 13.6 Å². The Morgan fingerprint density at radius 1 is 1.28 bits per heavy atom. The normalized spacial score (nSPS) is 11.6. The molecular weight excluding hydrogens is 224 g/mol. The Labute approximate surface area is 111 Å². The van der Waals surface area contributed by atoms with Crippen molar-refractivity contribution in [3.05, 3.63) is 11.3 Å². The van der Waals surface area contributed by atoms with Crippen molar-refractivity contribution in [3.8, 4) is 0 Å². The molecule has 0 aromatic carbocycles. The molecule has 0 aliphatic rings. The van der Waals surface area contributed by atoms with Gasteiger partial charge >= 0.3 is 0 Å². The van der Waals surface area contributed by atoms with Crippen LogP contribution in [0.2, 0.25) is 0 Å². The second-order valence-corrected chi connectivity index (χ2v) is 5.43. The minimum atomic E-state index is 0.489. The summed E-state index contributed by atoms with van der Waals surface area (Å²) in [6.45, 7) is 15.0. The Kier molecular flexibility index (Phi) is 5.20. The Morgan fingerprint density at radius 2 is 1.89 bits per heavy atom. The lowest BCUT2D eigenvalue weighted by molar-refractivity contribution is 0.583. The summed E-state index contributed by atoms with van der Waals surface area (Å²) in [4.78, 5) is 2.40. The maximum atomic E-state index is 4.58. The third kappa shape index (κ3) is 3.25. The van der Waals surface area contributed by atoms with E-state index in [4.69, 9.17) is 0 Å². The number of nitrogens with zero attached hydrogens (tertiary/aromatic N) is 3. The first-order valence-electron chi connectivity index (χ1n) is 6.90. The van der Waals surface area contributed by atoms with Gasteiger partial charge in [-0.1, -0.05) is 13.8 Å². The zero-order chi connectivity index (χ0) is 13.9. The van der Waals surface area contributed by atoms with Crippen LogP contribution in [0.5, 0.6) is 0 Å². The Bertz CT molecular complexity index is 379. The van der Waals surface area contributed by atoms with Gasteiger partial charge in [0.2, 0.25) is 0 Å². The van der Waals surface area contributed by atoms with Crippen LogP contribution >= 0.6 is 0 Å². The summed E-state index contributed by atoms with van der Waals surface area (Å²) in [6, 6.07) is 0.981. The molecule has 0 spiro atoms. The molecule has 0 fully saturated rings. The van der Waals surface area contributed by atoms with Gasteiger partial charge in [0, 0.05) is 37.8 Å². The van der Waals surface area contributed by atoms with Crippen molar-refractivity contribution in [1.29, 1.82) is 0 Å². The van der Waals surface area contributed by atoms with Gasteiger partial charge in [-0.25, -0.2) is 0 Å². The van der Waals surface area contributed by atoms with E-state index in [1.807, 2.05) is 11.7 Å². The van der Waals surface area contributed by atoms with Gasteiger partial charge in [0.1, 0.15) is 5.82 Å². The molecule has 1 N–H and O–H groups in total. The van der Waals surface area contributed by atoms with Crippen molar-refractivity contribution in [1.82, 2.24) is 15.1 Å². The lowest BCUT2D eigenvalue weighted by atomic mass is 10.2. The van der Waals surface area contributed by atoms with Crippen molar-refractivity contribution in [2.45, 2.75) is 60.2 Å². The molecule has 104 valence electrons. The molecule has 0 amide bonds. The van der Waals surface area contributed by atoms with Crippen molar-refractivity contribution >= 4 is 5.82 Å². The second-order valence-electron chi connectivity index (χ2n) is 5.43. The number of nitrogens with one attached hydrogen (secondary N) is 1. The minimum absolute atomic E-state index is 0.489. The summed E-state index contributed by atoms with van der Waals surface area (Å²) < 4.78 is 2.01. The number of hydrogen-bond acceptors (Lipinski definition) is 3. The minimum Gasteiger partial charge on any atom is -0.354 e. The van der Waals surface area contributed by atoms with E-state index in [-0.39, 0.29) is 0 Å². The molecule has 1 rings (SSSR count). The summed E-state index contributed by atoms with van der Waals surface area (Å²) >= 11 is 0. The zero-order valence-electron chi connectivity index (χ0n) is 12.9. The maximum Gasteiger partial charge on any atom is 0.131 e. The summed E-state index contributed by atoms with van der Waals surface area (Å²) in [7, 11) is 2.03. The highest BCUT2D eigenvalue weighted by Gasteiger charge is 2.20. The van der Waals surface area contributed by atoms with Crippen LogP contribution in [0, 0.1) is 6.92 Å². The molecule has 0 atom stereocenters. The lowest BCUT2D eigenvalue weighted by Crippen LogP contribution is -2.33. The van der Waals surface area contributed by atoms with Crippen molar-refractivity contribution in [3.63, 3.8) is 0 Å². The molecule has 0 saturated carbocycles. The van der Waals surface area contributed by atoms with Gasteiger partial charge in [0.05, 0.1) is 5.69 Å². The largest absolute Gasteiger partial charge is 0.354 e. The van der Waals surface area contributed by atoms with Crippen LogP contribution in [-0.4, -0.2) is 28.4 Å². The standard InChI is InChI=1S/C14H28N4/c1-8-18(11(4)5)14-13(9-15-10(2)3)12(6)16-17(14)7/h10-11,15H,8-9H2,1-7H3. The summed E-state index contributed by atoms with van der Waals surface area (Å²) in [5.74, 6) is 1.25. The van der Waals surface area contributed by atoms with Gasteiger partial charge < -0.3 is 10.2 Å². The monoisotopic (exact) mass is 252 g/mol. The van der Waals surface area contributed by atoms with E-state index >= 15 is 0 Å². The Hall–Kier alpha value is -1.03. The van der Waals surface area contributed by atoms with Gasteiger partial charge in [0.25, 0.3) is 0 Å². The fourth-order valence-electron chi connectivity index (χ4n) is 2.32. The Morgan fingerprint density at radius 3 is 2.33 bits per heavy atom. The van der Waals surface area contributed by atoms with E-state index in [1.54, 1.807) is 0 Å². The predicted octanol–water partition coefficient (Wildman–Crippen LogP) is 2.46. The van der Waals surface area contributed by atoms with Crippen molar-refractivity contribution in [2.75, 3.05) is 11.4 Å². The fraction of sp³-hybridized carbons (Fsp3) is 0.786. The van der Waals surface area contributed by atoms with Crippen LogP contribution in [0.15, 0.2) is 0 Å². The number of anilines is 1. The van der Waals surface area contributed by atoms with Crippen LogP contribution < -0.4 is 10.2 Å². The van der Waals surface area contributed by atoms with Crippen molar-refractivity contribution in [2.24, 2.45) is 7.05 Å². The smallest absolute Gasteiger partial charge is 0.131 e. The number of hydrogen-bond donors (Lipinski definition) is 1. The SMILES string of the molecule is CCN(c1c(CNC(C)C)c(C)nn1C)C(C)C. The molecule has 4 heteroatoms. The van der Waals surface area contributed by atoms with E-state index in [0.29, 0.717) is 12.1 Å². The number of aryl methyl sites for hydroxylation is 2. The Balaban J connectivity index is 3.08. The van der Waals surface area contributed by atoms with Crippen LogP contribution in [0.25, 0.3) is 0 Å². The first-order valence-corrected chi connectivity index (χ1v) is 6.90. The predicted molar refractivity (Wildman–Crippen MR) is 78.1 cm³/mol. The molecule has 4 nitrogen and oxygen atoms in total.